The van der Waals surface area contributed by atoms with Crippen molar-refractivity contribution in [1.82, 2.24) is 0 Å². The molecule has 0 aromatic heterocycles. The Morgan fingerprint density at radius 3 is 1.75 bits per heavy atom. The normalized spacial score (nSPS) is 13.3. The molecule has 2 aromatic rings. The van der Waals surface area contributed by atoms with Gasteiger partial charge in [-0.25, -0.2) is 4.79 Å². The van der Waals surface area contributed by atoms with E-state index in [1.54, 1.807) is 0 Å². The van der Waals surface area contributed by atoms with E-state index in [4.69, 9.17) is 21.1 Å². The second-order valence-electron chi connectivity index (χ2n) is 7.97. The molecule has 0 aliphatic rings. The maximum Gasteiger partial charge on any atom is 0.460 e. The maximum atomic E-state index is 13.3. The van der Waals surface area contributed by atoms with Crippen LogP contribution < -0.4 is 14.2 Å². The Balaban J connectivity index is 1.94. The lowest BCUT2D eigenvalue weighted by Gasteiger charge is -2.27. The zero-order valence-corrected chi connectivity index (χ0v) is 19.5. The first-order valence-electron chi connectivity index (χ1n) is 10.3. The van der Waals surface area contributed by atoms with E-state index in [1.807, 2.05) is 13.8 Å². The van der Waals surface area contributed by atoms with Gasteiger partial charge in [-0.1, -0.05) is 13.8 Å². The number of carbonyl (C=O) groups excluding carboxylic acids is 2. The van der Waals surface area contributed by atoms with Crippen molar-refractivity contribution in [3.8, 4) is 17.2 Å². The Bertz CT molecular complexity index is 1040. The molecule has 2 rings (SSSR count). The smallest absolute Gasteiger partial charge is 0.460 e. The Labute approximate surface area is 206 Å². The molecule has 1 atom stereocenters. The molecule has 198 valence electrons. The molecule has 0 aliphatic carbocycles. The highest BCUT2D eigenvalue weighted by atomic mass is 35.5. The third-order valence-electron chi connectivity index (χ3n) is 4.51. The molecule has 5 nitrogen and oxygen atoms in total. The molecule has 0 amide bonds. The van der Waals surface area contributed by atoms with Crippen molar-refractivity contribution >= 4 is 23.5 Å². The van der Waals surface area contributed by atoms with Crippen LogP contribution in [0.3, 0.4) is 0 Å². The molecule has 0 saturated carbocycles. The molecule has 0 spiro atoms. The average molecular weight is 545 g/mol. The van der Waals surface area contributed by atoms with Gasteiger partial charge in [-0.3, -0.25) is 4.79 Å². The molecule has 0 heterocycles. The number of halogens is 8. The van der Waals surface area contributed by atoms with Crippen molar-refractivity contribution in [3.05, 3.63) is 54.1 Å². The number of alkyl halides is 8. The quantitative estimate of drug-likeness (QED) is 0.145. The van der Waals surface area contributed by atoms with Crippen LogP contribution in [-0.2, 0) is 4.79 Å². The van der Waals surface area contributed by atoms with Crippen molar-refractivity contribution in [2.45, 2.75) is 43.7 Å². The summed E-state index contributed by atoms with van der Waals surface area (Å²) in [6.07, 6.45) is -6.05. The molecule has 0 fully saturated rings. The Hall–Kier alpha value is -3.02. The zero-order valence-electron chi connectivity index (χ0n) is 18.8. The zero-order chi connectivity index (χ0) is 27.3. The van der Waals surface area contributed by atoms with Crippen LogP contribution in [0.25, 0.3) is 0 Å². The SMILES string of the molecule is CC(C)C[C@H](Cl)C(=O)Oc1ccc(OC(=O)c2ccc(OCC(F)(F)C(F)(F)C(F)(F)F)cc2)cc1. The molecule has 0 N–H and O–H groups in total. The lowest BCUT2D eigenvalue weighted by atomic mass is 10.1. The van der Waals surface area contributed by atoms with Crippen LogP contribution in [0.2, 0.25) is 0 Å². The van der Waals surface area contributed by atoms with Crippen molar-refractivity contribution in [1.29, 1.82) is 0 Å². The van der Waals surface area contributed by atoms with Gasteiger partial charge >= 0.3 is 30.0 Å². The van der Waals surface area contributed by atoms with Crippen molar-refractivity contribution in [3.63, 3.8) is 0 Å². The van der Waals surface area contributed by atoms with Crippen molar-refractivity contribution in [2.75, 3.05) is 6.61 Å². The van der Waals surface area contributed by atoms with Gasteiger partial charge in [0.25, 0.3) is 0 Å². The molecular formula is C23H20ClF7O5. The van der Waals surface area contributed by atoms with Crippen LogP contribution >= 0.6 is 11.6 Å². The van der Waals surface area contributed by atoms with Crippen LogP contribution in [-0.4, -0.2) is 41.9 Å². The fraction of sp³-hybridized carbons (Fsp3) is 0.391. The van der Waals surface area contributed by atoms with Gasteiger partial charge < -0.3 is 14.2 Å². The monoisotopic (exact) mass is 544 g/mol. The van der Waals surface area contributed by atoms with Crippen LogP contribution in [0, 0.1) is 5.92 Å². The molecule has 0 aliphatic heterocycles. The van der Waals surface area contributed by atoms with Gasteiger partial charge in [-0.05, 0) is 60.9 Å². The summed E-state index contributed by atoms with van der Waals surface area (Å²) < 4.78 is 104. The van der Waals surface area contributed by atoms with Crippen LogP contribution in [0.15, 0.2) is 48.5 Å². The highest BCUT2D eigenvalue weighted by Gasteiger charge is 2.73. The third-order valence-corrected chi connectivity index (χ3v) is 4.87. The lowest BCUT2D eigenvalue weighted by Crippen LogP contribution is -2.54. The van der Waals surface area contributed by atoms with Crippen molar-refractivity contribution in [2.24, 2.45) is 5.92 Å². The van der Waals surface area contributed by atoms with Gasteiger partial charge in [0, 0.05) is 0 Å². The van der Waals surface area contributed by atoms with Crippen LogP contribution in [0.1, 0.15) is 30.6 Å². The molecule has 2 aromatic carbocycles. The van der Waals surface area contributed by atoms with Gasteiger partial charge in [-0.15, -0.1) is 11.6 Å². The van der Waals surface area contributed by atoms with E-state index >= 15 is 0 Å². The average Bonchev–Trinajstić information content (AvgIpc) is 2.78. The fourth-order valence-electron chi connectivity index (χ4n) is 2.59. The molecule has 0 radical (unpaired) electrons. The Morgan fingerprint density at radius 2 is 1.28 bits per heavy atom. The molecular weight excluding hydrogens is 525 g/mol. The largest absolute Gasteiger partial charge is 0.487 e. The first kappa shape index (κ1) is 29.2. The standard InChI is InChI=1S/C23H20ClF7O5/c1-13(2)11-18(24)20(33)36-17-9-7-16(8-10-17)35-19(32)14-3-5-15(6-4-14)34-12-21(25,26)22(27,28)23(29,30)31/h3-10,13,18H,11-12H2,1-2H3/t18-/m0/s1. The minimum absolute atomic E-state index is 0.0544. The highest BCUT2D eigenvalue weighted by Crippen LogP contribution is 2.46. The van der Waals surface area contributed by atoms with E-state index in [9.17, 15) is 40.3 Å². The van der Waals surface area contributed by atoms with E-state index in [-0.39, 0.29) is 23.0 Å². The fourth-order valence-corrected chi connectivity index (χ4v) is 2.99. The van der Waals surface area contributed by atoms with Gasteiger partial charge in [0.2, 0.25) is 0 Å². The number of benzene rings is 2. The van der Waals surface area contributed by atoms with E-state index in [0.717, 1.165) is 24.3 Å². The Morgan fingerprint density at radius 1 is 0.806 bits per heavy atom. The van der Waals surface area contributed by atoms with Crippen molar-refractivity contribution < 1.29 is 54.5 Å². The summed E-state index contributed by atoms with van der Waals surface area (Å²) >= 11 is 5.97. The van der Waals surface area contributed by atoms with Gasteiger partial charge in [0.1, 0.15) is 22.6 Å². The number of hydrogen-bond donors (Lipinski definition) is 0. The molecule has 13 heteroatoms. The molecule has 0 bridgehead atoms. The molecule has 0 unspecified atom stereocenters. The second-order valence-corrected chi connectivity index (χ2v) is 8.50. The van der Waals surface area contributed by atoms with E-state index in [0.29, 0.717) is 6.42 Å². The number of carbonyl (C=O) groups is 2. The van der Waals surface area contributed by atoms with Gasteiger partial charge in [-0.2, -0.15) is 30.7 Å². The van der Waals surface area contributed by atoms with E-state index in [2.05, 4.69) is 4.74 Å². The topological polar surface area (TPSA) is 61.8 Å². The summed E-state index contributed by atoms with van der Waals surface area (Å²) in [5.74, 6) is -13.5. The minimum atomic E-state index is -6.46. The first-order valence-corrected chi connectivity index (χ1v) is 10.7. The number of rotatable bonds is 10. The number of esters is 2. The summed E-state index contributed by atoms with van der Waals surface area (Å²) in [6.45, 7) is 1.54. The van der Waals surface area contributed by atoms with Gasteiger partial charge in [0.05, 0.1) is 5.56 Å². The third kappa shape index (κ3) is 7.49. The summed E-state index contributed by atoms with van der Waals surface area (Å²) in [6, 6.07) is 9.26. The molecule has 36 heavy (non-hydrogen) atoms. The van der Waals surface area contributed by atoms with Crippen LogP contribution in [0.4, 0.5) is 30.7 Å². The summed E-state index contributed by atoms with van der Waals surface area (Å²) in [7, 11) is 0. The first-order chi connectivity index (χ1) is 16.5. The minimum Gasteiger partial charge on any atom is -0.487 e. The summed E-state index contributed by atoms with van der Waals surface area (Å²) in [5.41, 5.74) is -0.107. The number of ether oxygens (including phenoxy) is 3. The number of hydrogen-bond acceptors (Lipinski definition) is 5. The Kier molecular flexibility index (Phi) is 9.22. The summed E-state index contributed by atoms with van der Waals surface area (Å²) in [4.78, 5) is 24.2. The predicted octanol–water partition coefficient (Wildman–Crippen LogP) is 6.68. The summed E-state index contributed by atoms with van der Waals surface area (Å²) in [5, 5.41) is -0.832. The molecule has 0 saturated heterocycles. The predicted molar refractivity (Wildman–Crippen MR) is 114 cm³/mol. The lowest BCUT2D eigenvalue weighted by molar-refractivity contribution is -0.358. The second kappa shape index (κ2) is 11.4. The van der Waals surface area contributed by atoms with E-state index in [1.165, 1.54) is 24.3 Å². The van der Waals surface area contributed by atoms with E-state index < -0.39 is 47.7 Å². The van der Waals surface area contributed by atoms with Gasteiger partial charge in [0.15, 0.2) is 6.61 Å². The highest BCUT2D eigenvalue weighted by molar-refractivity contribution is 6.30. The maximum absolute atomic E-state index is 13.3. The van der Waals surface area contributed by atoms with Crippen LogP contribution in [0.5, 0.6) is 17.2 Å².